The van der Waals surface area contributed by atoms with Crippen molar-refractivity contribution in [2.75, 3.05) is 13.1 Å². The Morgan fingerprint density at radius 2 is 2.14 bits per heavy atom. The molecule has 2 heterocycles. The first-order chi connectivity index (χ1) is 10.6. The Morgan fingerprint density at radius 3 is 2.77 bits per heavy atom. The van der Waals surface area contributed by atoms with Crippen molar-refractivity contribution in [3.63, 3.8) is 0 Å². The number of benzene rings is 1. The van der Waals surface area contributed by atoms with Crippen molar-refractivity contribution in [1.82, 2.24) is 20.0 Å². The maximum atomic E-state index is 11.1. The normalized spacial score (nSPS) is 21.9. The molecule has 1 fully saturated rings. The summed E-state index contributed by atoms with van der Waals surface area (Å²) in [5.41, 5.74) is 2.32. The third kappa shape index (κ3) is 3.28. The van der Waals surface area contributed by atoms with E-state index < -0.39 is 6.09 Å². The summed E-state index contributed by atoms with van der Waals surface area (Å²) >= 11 is 0. The molecule has 0 radical (unpaired) electrons. The van der Waals surface area contributed by atoms with E-state index in [9.17, 15) is 4.79 Å². The molecule has 3 rings (SSSR count). The molecule has 1 aromatic heterocycles. The summed E-state index contributed by atoms with van der Waals surface area (Å²) in [5.74, 6) is 0.133. The lowest BCUT2D eigenvalue weighted by atomic mass is 9.97. The fourth-order valence-electron chi connectivity index (χ4n) is 3.13. The average molecular weight is 300 g/mol. The van der Waals surface area contributed by atoms with Crippen LogP contribution in [0.4, 0.5) is 4.79 Å². The summed E-state index contributed by atoms with van der Waals surface area (Å²) < 4.78 is 1.76. The molecule has 1 aromatic carbocycles. The fraction of sp³-hybridized carbons (Fsp3) is 0.375. The van der Waals surface area contributed by atoms with Crippen molar-refractivity contribution in [2.45, 2.75) is 18.5 Å². The number of nitrogens with zero attached hydrogens (tertiary/aromatic N) is 3. The Kier molecular flexibility index (Phi) is 4.11. The van der Waals surface area contributed by atoms with E-state index in [0.29, 0.717) is 6.54 Å². The molecular formula is C16H20N4O2. The van der Waals surface area contributed by atoms with Gasteiger partial charge < -0.3 is 10.4 Å². The van der Waals surface area contributed by atoms with Crippen LogP contribution in [0.3, 0.4) is 0 Å². The monoisotopic (exact) mass is 300 g/mol. The Balaban J connectivity index is 1.74. The van der Waals surface area contributed by atoms with Crippen LogP contribution in [0.1, 0.15) is 17.0 Å². The molecule has 1 aliphatic heterocycles. The maximum Gasteiger partial charge on any atom is 0.404 e. The second kappa shape index (κ2) is 6.19. The molecule has 1 amide bonds. The van der Waals surface area contributed by atoms with Gasteiger partial charge >= 0.3 is 6.09 Å². The number of hydrogen-bond donors (Lipinski definition) is 2. The van der Waals surface area contributed by atoms with E-state index in [1.807, 2.05) is 37.6 Å². The lowest BCUT2D eigenvalue weighted by Crippen LogP contribution is -2.38. The number of nitrogens with one attached hydrogen (secondary N) is 1. The zero-order valence-electron chi connectivity index (χ0n) is 12.5. The highest BCUT2D eigenvalue weighted by atomic mass is 16.4. The quantitative estimate of drug-likeness (QED) is 0.901. The summed E-state index contributed by atoms with van der Waals surface area (Å²) in [6, 6.07) is 10.1. The van der Waals surface area contributed by atoms with Crippen LogP contribution in [-0.4, -0.2) is 45.0 Å². The van der Waals surface area contributed by atoms with Gasteiger partial charge in [-0.1, -0.05) is 30.3 Å². The SMILES string of the molecule is Cn1cc([C@H]2CN(Cc3ccccc3)C[C@@H]2NC(=O)O)cn1. The Morgan fingerprint density at radius 1 is 1.36 bits per heavy atom. The first kappa shape index (κ1) is 14.6. The van der Waals surface area contributed by atoms with E-state index in [1.165, 1.54) is 5.56 Å². The van der Waals surface area contributed by atoms with Crippen molar-refractivity contribution in [2.24, 2.45) is 7.05 Å². The first-order valence-corrected chi connectivity index (χ1v) is 7.36. The van der Waals surface area contributed by atoms with Gasteiger partial charge in [0.25, 0.3) is 0 Å². The Hall–Kier alpha value is -2.34. The van der Waals surface area contributed by atoms with E-state index in [2.05, 4.69) is 27.4 Å². The van der Waals surface area contributed by atoms with Gasteiger partial charge in [0.2, 0.25) is 0 Å². The number of likely N-dealkylation sites (tertiary alicyclic amines) is 1. The minimum atomic E-state index is -0.972. The van der Waals surface area contributed by atoms with Crippen LogP contribution in [0, 0.1) is 0 Å². The highest BCUT2D eigenvalue weighted by Crippen LogP contribution is 2.28. The first-order valence-electron chi connectivity index (χ1n) is 7.36. The molecule has 0 saturated carbocycles. The second-order valence-electron chi connectivity index (χ2n) is 5.79. The lowest BCUT2D eigenvalue weighted by Gasteiger charge is -2.16. The standard InChI is InChI=1S/C16H20N4O2/c1-19-9-13(7-17-19)14-10-20(11-15(14)18-16(21)22)8-12-5-3-2-4-6-12/h2-7,9,14-15,18H,8,10-11H2,1H3,(H,21,22)/t14-,15+/m1/s1. The number of rotatable bonds is 4. The topological polar surface area (TPSA) is 70.4 Å². The van der Waals surface area contributed by atoms with Gasteiger partial charge in [0.05, 0.1) is 12.2 Å². The van der Waals surface area contributed by atoms with Crippen molar-refractivity contribution in [1.29, 1.82) is 0 Å². The van der Waals surface area contributed by atoms with Gasteiger partial charge in [-0.05, 0) is 11.1 Å². The second-order valence-corrected chi connectivity index (χ2v) is 5.79. The van der Waals surface area contributed by atoms with Gasteiger partial charge in [-0.2, -0.15) is 5.10 Å². The van der Waals surface area contributed by atoms with Gasteiger partial charge in [0.1, 0.15) is 0 Å². The molecule has 1 aliphatic rings. The lowest BCUT2D eigenvalue weighted by molar-refractivity contribution is 0.188. The van der Waals surface area contributed by atoms with Crippen LogP contribution in [-0.2, 0) is 13.6 Å². The van der Waals surface area contributed by atoms with E-state index in [1.54, 1.807) is 4.68 Å². The summed E-state index contributed by atoms with van der Waals surface area (Å²) in [6.07, 6.45) is 2.82. The Bertz CT molecular complexity index is 641. The molecule has 2 atom stereocenters. The third-order valence-electron chi connectivity index (χ3n) is 4.11. The van der Waals surface area contributed by atoms with Crippen molar-refractivity contribution in [3.8, 4) is 0 Å². The van der Waals surface area contributed by atoms with Crippen LogP contribution in [0.5, 0.6) is 0 Å². The number of hydrogen-bond acceptors (Lipinski definition) is 3. The van der Waals surface area contributed by atoms with E-state index >= 15 is 0 Å². The third-order valence-corrected chi connectivity index (χ3v) is 4.11. The van der Waals surface area contributed by atoms with E-state index in [-0.39, 0.29) is 12.0 Å². The number of amides is 1. The van der Waals surface area contributed by atoms with Gasteiger partial charge in [0, 0.05) is 38.8 Å². The number of carboxylic acid groups (broad SMARTS) is 1. The zero-order valence-corrected chi connectivity index (χ0v) is 12.5. The molecule has 0 aliphatic carbocycles. The molecule has 2 aromatic rings. The van der Waals surface area contributed by atoms with Crippen LogP contribution in [0.25, 0.3) is 0 Å². The van der Waals surface area contributed by atoms with Crippen molar-refractivity contribution >= 4 is 6.09 Å². The number of carbonyl (C=O) groups is 1. The minimum absolute atomic E-state index is 0.106. The highest BCUT2D eigenvalue weighted by molar-refractivity contribution is 5.65. The summed E-state index contributed by atoms with van der Waals surface area (Å²) in [4.78, 5) is 13.3. The summed E-state index contributed by atoms with van der Waals surface area (Å²) in [7, 11) is 1.87. The highest BCUT2D eigenvalue weighted by Gasteiger charge is 2.35. The molecule has 0 bridgehead atoms. The van der Waals surface area contributed by atoms with Gasteiger partial charge in [0.15, 0.2) is 0 Å². The predicted molar refractivity (Wildman–Crippen MR) is 82.6 cm³/mol. The average Bonchev–Trinajstić information content (AvgIpc) is 3.06. The van der Waals surface area contributed by atoms with Gasteiger partial charge in [-0.25, -0.2) is 4.79 Å². The van der Waals surface area contributed by atoms with Crippen molar-refractivity contribution in [3.05, 3.63) is 53.9 Å². The molecule has 22 heavy (non-hydrogen) atoms. The Labute approximate surface area is 129 Å². The zero-order chi connectivity index (χ0) is 15.5. The van der Waals surface area contributed by atoms with Crippen LogP contribution < -0.4 is 5.32 Å². The minimum Gasteiger partial charge on any atom is -0.465 e. The predicted octanol–water partition coefficient (Wildman–Crippen LogP) is 1.66. The van der Waals surface area contributed by atoms with Crippen molar-refractivity contribution < 1.29 is 9.90 Å². The molecule has 2 N–H and O–H groups in total. The smallest absolute Gasteiger partial charge is 0.404 e. The van der Waals surface area contributed by atoms with Crippen LogP contribution in [0.15, 0.2) is 42.7 Å². The van der Waals surface area contributed by atoms with Gasteiger partial charge in [-0.15, -0.1) is 0 Å². The van der Waals surface area contributed by atoms with Crippen LogP contribution in [0.2, 0.25) is 0 Å². The van der Waals surface area contributed by atoms with Gasteiger partial charge in [-0.3, -0.25) is 9.58 Å². The van der Waals surface area contributed by atoms with E-state index in [0.717, 1.165) is 18.7 Å². The molecule has 0 unspecified atom stereocenters. The number of aromatic nitrogens is 2. The summed E-state index contributed by atoms with van der Waals surface area (Å²) in [6.45, 7) is 2.36. The molecule has 0 spiro atoms. The largest absolute Gasteiger partial charge is 0.465 e. The summed E-state index contributed by atoms with van der Waals surface area (Å²) in [5, 5.41) is 15.9. The number of aryl methyl sites for hydroxylation is 1. The molecule has 6 heteroatoms. The molecule has 6 nitrogen and oxygen atoms in total. The van der Waals surface area contributed by atoms with E-state index in [4.69, 9.17) is 5.11 Å². The molecular weight excluding hydrogens is 280 g/mol. The molecule has 116 valence electrons. The van der Waals surface area contributed by atoms with Crippen LogP contribution >= 0.6 is 0 Å². The maximum absolute atomic E-state index is 11.1. The molecule has 1 saturated heterocycles. The fourth-order valence-corrected chi connectivity index (χ4v) is 3.13.